The number of ether oxygens (including phenoxy) is 2. The van der Waals surface area contributed by atoms with Crippen LogP contribution in [0.3, 0.4) is 0 Å². The van der Waals surface area contributed by atoms with Gasteiger partial charge in [-0.25, -0.2) is 4.98 Å². The third kappa shape index (κ3) is 7.51. The Labute approximate surface area is 233 Å². The van der Waals surface area contributed by atoms with Gasteiger partial charge in [0.05, 0.1) is 13.2 Å². The summed E-state index contributed by atoms with van der Waals surface area (Å²) >= 11 is 0. The van der Waals surface area contributed by atoms with Crippen molar-refractivity contribution in [3.05, 3.63) is 42.5 Å². The van der Waals surface area contributed by atoms with E-state index < -0.39 is 0 Å². The number of nitrogens with zero attached hydrogens (tertiary/aromatic N) is 5. The highest BCUT2D eigenvalue weighted by molar-refractivity contribution is 5.77. The molecule has 0 amide bonds. The molecule has 2 fully saturated rings. The van der Waals surface area contributed by atoms with Crippen molar-refractivity contribution in [2.75, 3.05) is 80.7 Å². The van der Waals surface area contributed by atoms with Gasteiger partial charge in [-0.05, 0) is 103 Å². The van der Waals surface area contributed by atoms with E-state index in [4.69, 9.17) is 13.9 Å². The number of oxazole rings is 1. The van der Waals surface area contributed by atoms with Crippen molar-refractivity contribution < 1.29 is 13.9 Å². The van der Waals surface area contributed by atoms with Crippen molar-refractivity contribution in [2.45, 2.75) is 37.8 Å². The third-order valence-corrected chi connectivity index (χ3v) is 8.19. The van der Waals surface area contributed by atoms with E-state index in [0.29, 0.717) is 24.6 Å². The predicted octanol–water partition coefficient (Wildman–Crippen LogP) is 4.30. The molecule has 2 aliphatic heterocycles. The van der Waals surface area contributed by atoms with Gasteiger partial charge in [0.1, 0.15) is 17.0 Å². The van der Waals surface area contributed by atoms with Crippen LogP contribution < -0.4 is 9.47 Å². The van der Waals surface area contributed by atoms with Crippen molar-refractivity contribution >= 4 is 11.1 Å². The molecule has 1 aromatic heterocycles. The second kappa shape index (κ2) is 13.1. The molecule has 2 atom stereocenters. The Kier molecular flexibility index (Phi) is 9.40. The number of fused-ring (bicyclic) bond motifs is 1. The third-order valence-electron chi connectivity index (χ3n) is 8.19. The van der Waals surface area contributed by atoms with E-state index in [1.54, 1.807) is 0 Å². The van der Waals surface area contributed by atoms with E-state index in [1.165, 1.54) is 25.9 Å². The highest BCUT2D eigenvalue weighted by Gasteiger charge is 2.24. The molecule has 0 unspecified atom stereocenters. The summed E-state index contributed by atoms with van der Waals surface area (Å²) in [5.41, 5.74) is 2.52. The Bertz CT molecular complexity index is 1180. The highest BCUT2D eigenvalue weighted by Crippen LogP contribution is 2.28. The second-order valence-corrected chi connectivity index (χ2v) is 11.5. The maximum Gasteiger partial charge on any atom is 0.227 e. The minimum absolute atomic E-state index is 0.614. The summed E-state index contributed by atoms with van der Waals surface area (Å²) in [5.74, 6) is 2.32. The zero-order chi connectivity index (χ0) is 27.2. The van der Waals surface area contributed by atoms with Crippen molar-refractivity contribution in [2.24, 2.45) is 0 Å². The number of hydrogen-bond acceptors (Lipinski definition) is 8. The zero-order valence-corrected chi connectivity index (χ0v) is 24.1. The van der Waals surface area contributed by atoms with Gasteiger partial charge in [-0.1, -0.05) is 0 Å². The molecule has 2 aromatic carbocycles. The number of rotatable bonds is 13. The van der Waals surface area contributed by atoms with Gasteiger partial charge in [0.25, 0.3) is 0 Å². The number of likely N-dealkylation sites (tertiary alicyclic amines) is 2. The topological polar surface area (TPSA) is 57.5 Å². The second-order valence-electron chi connectivity index (χ2n) is 11.5. The molecule has 5 rings (SSSR count). The lowest BCUT2D eigenvalue weighted by atomic mass is 10.2. The molecule has 212 valence electrons. The molecule has 2 aliphatic rings. The SMILES string of the molecule is CN(C)[C@@H]1CCN(CCCOc2ccc(-c3nc4ccc(OCCCN5CC[C@@H](N(C)C)C5)cc4o3)cc2)C1. The van der Waals surface area contributed by atoms with E-state index in [9.17, 15) is 0 Å². The monoisotopic (exact) mass is 535 g/mol. The lowest BCUT2D eigenvalue weighted by molar-refractivity contribution is 0.242. The first-order valence-electron chi connectivity index (χ1n) is 14.5. The zero-order valence-electron chi connectivity index (χ0n) is 24.1. The van der Waals surface area contributed by atoms with Gasteiger partial charge in [-0.15, -0.1) is 0 Å². The fraction of sp³-hybridized carbons (Fsp3) is 0.581. The highest BCUT2D eigenvalue weighted by atomic mass is 16.5. The van der Waals surface area contributed by atoms with Crippen molar-refractivity contribution in [3.63, 3.8) is 0 Å². The Hall–Kier alpha value is -2.65. The quantitative estimate of drug-likeness (QED) is 0.300. The minimum Gasteiger partial charge on any atom is -0.494 e. The van der Waals surface area contributed by atoms with E-state index in [2.05, 4.69) is 52.8 Å². The molecule has 0 spiro atoms. The first-order chi connectivity index (χ1) is 18.9. The molecule has 8 heteroatoms. The van der Waals surface area contributed by atoms with E-state index in [0.717, 1.165) is 73.8 Å². The Balaban J connectivity index is 1.05. The van der Waals surface area contributed by atoms with Crippen LogP contribution in [0, 0.1) is 0 Å². The van der Waals surface area contributed by atoms with Crippen LogP contribution in [0.15, 0.2) is 46.9 Å². The number of hydrogen-bond donors (Lipinski definition) is 0. The fourth-order valence-electron chi connectivity index (χ4n) is 5.64. The standard InChI is InChI=1S/C31H45N5O3/c1-33(2)25-13-17-35(22-25)15-5-19-37-27-9-7-24(8-10-27)31-32-29-12-11-28(21-30(29)39-31)38-20-6-16-36-18-14-26(23-36)34(3)4/h7-12,21,25-26H,5-6,13-20,22-23H2,1-4H3/t25-,26-/m1/s1. The first-order valence-corrected chi connectivity index (χ1v) is 14.5. The molecule has 0 radical (unpaired) electrons. The lowest BCUT2D eigenvalue weighted by Crippen LogP contribution is -2.32. The predicted molar refractivity (Wildman–Crippen MR) is 157 cm³/mol. The molecule has 3 heterocycles. The maximum atomic E-state index is 6.08. The maximum absolute atomic E-state index is 6.08. The lowest BCUT2D eigenvalue weighted by Gasteiger charge is -2.20. The molecule has 0 N–H and O–H groups in total. The summed E-state index contributed by atoms with van der Waals surface area (Å²) in [7, 11) is 8.69. The normalized spacial score (nSPS) is 20.6. The van der Waals surface area contributed by atoms with Gasteiger partial charge in [-0.2, -0.15) is 0 Å². The summed E-state index contributed by atoms with van der Waals surface area (Å²) in [5, 5.41) is 0. The number of benzene rings is 2. The van der Waals surface area contributed by atoms with Gasteiger partial charge in [0.2, 0.25) is 5.89 Å². The Morgan fingerprint density at radius 1 is 0.795 bits per heavy atom. The van der Waals surface area contributed by atoms with Crippen molar-refractivity contribution in [1.82, 2.24) is 24.6 Å². The largest absolute Gasteiger partial charge is 0.494 e. The molecule has 3 aromatic rings. The van der Waals surface area contributed by atoms with E-state index in [-0.39, 0.29) is 0 Å². The Morgan fingerprint density at radius 2 is 1.36 bits per heavy atom. The van der Waals surface area contributed by atoms with Gasteiger partial charge < -0.3 is 33.5 Å². The summed E-state index contributed by atoms with van der Waals surface area (Å²) < 4.78 is 18.1. The molecular formula is C31H45N5O3. The number of likely N-dealkylation sites (N-methyl/N-ethyl adjacent to an activating group) is 2. The molecule has 39 heavy (non-hydrogen) atoms. The van der Waals surface area contributed by atoms with Crippen LogP contribution in [0.1, 0.15) is 25.7 Å². The summed E-state index contributed by atoms with van der Waals surface area (Å²) in [6.07, 6.45) is 4.57. The van der Waals surface area contributed by atoms with Crippen LogP contribution in [0.2, 0.25) is 0 Å². The average Bonchev–Trinajstić information content (AvgIpc) is 3.69. The van der Waals surface area contributed by atoms with Crippen LogP contribution in [0.25, 0.3) is 22.6 Å². The summed E-state index contributed by atoms with van der Waals surface area (Å²) in [6, 6.07) is 15.3. The molecule has 0 saturated carbocycles. The average molecular weight is 536 g/mol. The summed E-state index contributed by atoms with van der Waals surface area (Å²) in [4.78, 5) is 14.4. The van der Waals surface area contributed by atoms with Crippen LogP contribution in [0.4, 0.5) is 0 Å². The Morgan fingerprint density at radius 3 is 1.92 bits per heavy atom. The molecule has 0 bridgehead atoms. The first kappa shape index (κ1) is 27.9. The van der Waals surface area contributed by atoms with E-state index in [1.807, 2.05) is 42.5 Å². The van der Waals surface area contributed by atoms with Crippen LogP contribution >= 0.6 is 0 Å². The summed E-state index contributed by atoms with van der Waals surface area (Å²) in [6.45, 7) is 8.28. The molecule has 8 nitrogen and oxygen atoms in total. The minimum atomic E-state index is 0.614. The van der Waals surface area contributed by atoms with Crippen molar-refractivity contribution in [1.29, 1.82) is 0 Å². The van der Waals surface area contributed by atoms with Gasteiger partial charge >= 0.3 is 0 Å². The molecule has 2 saturated heterocycles. The fourth-order valence-corrected chi connectivity index (χ4v) is 5.64. The van der Waals surface area contributed by atoms with Gasteiger partial charge in [0.15, 0.2) is 5.58 Å². The van der Waals surface area contributed by atoms with Crippen LogP contribution in [-0.2, 0) is 0 Å². The van der Waals surface area contributed by atoms with Gasteiger partial charge in [-0.3, -0.25) is 0 Å². The van der Waals surface area contributed by atoms with Crippen molar-refractivity contribution in [3.8, 4) is 23.0 Å². The number of aromatic nitrogens is 1. The van der Waals surface area contributed by atoms with Crippen LogP contribution in [-0.4, -0.2) is 117 Å². The molecular weight excluding hydrogens is 490 g/mol. The molecule has 0 aliphatic carbocycles. The van der Waals surface area contributed by atoms with E-state index >= 15 is 0 Å². The smallest absolute Gasteiger partial charge is 0.227 e. The van der Waals surface area contributed by atoms with Gasteiger partial charge in [0, 0.05) is 49.9 Å². The van der Waals surface area contributed by atoms with Crippen LogP contribution in [0.5, 0.6) is 11.5 Å².